The summed E-state index contributed by atoms with van der Waals surface area (Å²) < 4.78 is 27.7. The molecule has 0 aliphatic heterocycles. The highest BCUT2D eigenvalue weighted by Gasteiger charge is 2.20. The standard InChI is InChI=1S/C19H18F2N4.H2/c1-11(2)7-17-22-8-14-13(4-5-15(14)24-17)12-3-6-18-23-9-16(19(20)21)25(18)10-12;/h3-4,6,8-11,19H,5,7H2,1-2H3;1H. The largest absolute Gasteiger partial charge is 0.298 e. The van der Waals surface area contributed by atoms with Crippen LogP contribution < -0.4 is 0 Å². The second-order valence-corrected chi connectivity index (χ2v) is 6.70. The first-order chi connectivity index (χ1) is 12.0. The normalized spacial score (nSPS) is 13.8. The van der Waals surface area contributed by atoms with E-state index in [9.17, 15) is 8.78 Å². The summed E-state index contributed by atoms with van der Waals surface area (Å²) in [7, 11) is 0. The van der Waals surface area contributed by atoms with Gasteiger partial charge in [-0.1, -0.05) is 19.9 Å². The van der Waals surface area contributed by atoms with E-state index in [-0.39, 0.29) is 7.12 Å². The van der Waals surface area contributed by atoms with Crippen LogP contribution in [0.5, 0.6) is 0 Å². The van der Waals surface area contributed by atoms with Crippen LogP contribution in [-0.2, 0) is 12.8 Å². The molecular weight excluding hydrogens is 322 g/mol. The maximum Gasteiger partial charge on any atom is 0.280 e. The molecule has 0 atom stereocenters. The second-order valence-electron chi connectivity index (χ2n) is 6.70. The molecule has 1 aliphatic rings. The van der Waals surface area contributed by atoms with Crippen LogP contribution in [0.4, 0.5) is 8.78 Å². The van der Waals surface area contributed by atoms with Gasteiger partial charge in [0.25, 0.3) is 6.43 Å². The van der Waals surface area contributed by atoms with Gasteiger partial charge in [0, 0.05) is 32.2 Å². The lowest BCUT2D eigenvalue weighted by atomic mass is 10.0. The molecule has 0 unspecified atom stereocenters. The number of imidazole rings is 1. The molecule has 6 heteroatoms. The predicted molar refractivity (Wildman–Crippen MR) is 93.6 cm³/mol. The number of hydrogen-bond donors (Lipinski definition) is 0. The third-order valence-electron chi connectivity index (χ3n) is 4.37. The van der Waals surface area contributed by atoms with Crippen LogP contribution in [0, 0.1) is 5.92 Å². The molecule has 0 amide bonds. The van der Waals surface area contributed by atoms with E-state index >= 15 is 0 Å². The van der Waals surface area contributed by atoms with Crippen LogP contribution in [0.15, 0.2) is 36.8 Å². The summed E-state index contributed by atoms with van der Waals surface area (Å²) in [5, 5.41) is 0. The Bertz CT molecular complexity index is 979. The molecule has 4 nitrogen and oxygen atoms in total. The monoisotopic (exact) mass is 342 g/mol. The van der Waals surface area contributed by atoms with Crippen molar-refractivity contribution in [2.45, 2.75) is 33.1 Å². The molecule has 3 aromatic rings. The Morgan fingerprint density at radius 3 is 2.80 bits per heavy atom. The van der Waals surface area contributed by atoms with E-state index in [2.05, 4.69) is 34.9 Å². The first-order valence-electron chi connectivity index (χ1n) is 8.34. The van der Waals surface area contributed by atoms with E-state index in [4.69, 9.17) is 0 Å². The van der Waals surface area contributed by atoms with Crippen molar-refractivity contribution in [3.63, 3.8) is 0 Å². The van der Waals surface area contributed by atoms with Crippen LogP contribution in [0.25, 0.3) is 11.2 Å². The molecule has 0 radical (unpaired) electrons. The first kappa shape index (κ1) is 15.9. The summed E-state index contributed by atoms with van der Waals surface area (Å²) in [5.41, 5.74) is 4.25. The van der Waals surface area contributed by atoms with Gasteiger partial charge in [-0.05, 0) is 29.2 Å². The molecule has 0 bridgehead atoms. The van der Waals surface area contributed by atoms with Gasteiger partial charge in [-0.15, -0.1) is 0 Å². The van der Waals surface area contributed by atoms with Crippen molar-refractivity contribution in [1.82, 2.24) is 19.4 Å². The molecule has 0 saturated carbocycles. The molecule has 0 fully saturated rings. The third-order valence-corrected chi connectivity index (χ3v) is 4.37. The summed E-state index contributed by atoms with van der Waals surface area (Å²) in [6.45, 7) is 4.28. The summed E-state index contributed by atoms with van der Waals surface area (Å²) in [6.07, 6.45) is 5.90. The van der Waals surface area contributed by atoms with E-state index in [0.29, 0.717) is 11.6 Å². The van der Waals surface area contributed by atoms with Crippen molar-refractivity contribution in [3.05, 3.63) is 65.1 Å². The Labute approximate surface area is 145 Å². The van der Waals surface area contributed by atoms with Gasteiger partial charge in [-0.3, -0.25) is 4.40 Å². The third kappa shape index (κ3) is 2.81. The molecule has 1 aliphatic carbocycles. The summed E-state index contributed by atoms with van der Waals surface area (Å²) in [5.74, 6) is 1.36. The molecule has 0 aromatic carbocycles. The number of nitrogens with zero attached hydrogens (tertiary/aromatic N) is 4. The van der Waals surface area contributed by atoms with E-state index in [1.165, 1.54) is 10.6 Å². The molecule has 0 N–H and O–H groups in total. The van der Waals surface area contributed by atoms with Gasteiger partial charge >= 0.3 is 0 Å². The summed E-state index contributed by atoms with van der Waals surface area (Å²) in [4.78, 5) is 13.2. The zero-order chi connectivity index (χ0) is 17.6. The number of hydrogen-bond acceptors (Lipinski definition) is 3. The van der Waals surface area contributed by atoms with Crippen LogP contribution in [0.2, 0.25) is 0 Å². The van der Waals surface area contributed by atoms with Crippen molar-refractivity contribution in [2.24, 2.45) is 5.92 Å². The van der Waals surface area contributed by atoms with Crippen LogP contribution in [-0.4, -0.2) is 19.4 Å². The highest BCUT2D eigenvalue weighted by atomic mass is 19.3. The zero-order valence-electron chi connectivity index (χ0n) is 14.1. The highest BCUT2D eigenvalue weighted by molar-refractivity contribution is 5.83. The molecule has 0 spiro atoms. The SMILES string of the molecule is CC(C)Cc1ncc2c(n1)CC=C2c1ccc2ncc(C(F)F)n2c1.[HH]. The van der Waals surface area contributed by atoms with E-state index in [1.54, 1.807) is 12.3 Å². The minimum atomic E-state index is -2.56. The number of alkyl halides is 2. The summed E-state index contributed by atoms with van der Waals surface area (Å²) in [6, 6.07) is 3.66. The molecule has 3 aromatic heterocycles. The van der Waals surface area contributed by atoms with Gasteiger partial charge in [0.1, 0.15) is 17.2 Å². The van der Waals surface area contributed by atoms with Crippen LogP contribution in [0.3, 0.4) is 0 Å². The molecule has 4 rings (SSSR count). The topological polar surface area (TPSA) is 43.1 Å². The average Bonchev–Trinajstić information content (AvgIpc) is 3.16. The van der Waals surface area contributed by atoms with Gasteiger partial charge in [-0.2, -0.15) is 0 Å². The van der Waals surface area contributed by atoms with Gasteiger partial charge in [-0.25, -0.2) is 23.7 Å². The number of halogens is 2. The number of pyridine rings is 1. The average molecular weight is 342 g/mol. The molecule has 0 saturated heterocycles. The van der Waals surface area contributed by atoms with Crippen molar-refractivity contribution in [2.75, 3.05) is 0 Å². The van der Waals surface area contributed by atoms with Crippen molar-refractivity contribution in [3.8, 4) is 0 Å². The maximum atomic E-state index is 13.1. The van der Waals surface area contributed by atoms with Gasteiger partial charge in [0.05, 0.1) is 11.9 Å². The highest BCUT2D eigenvalue weighted by Crippen LogP contribution is 2.32. The van der Waals surface area contributed by atoms with Crippen molar-refractivity contribution in [1.29, 1.82) is 0 Å². The Balaban J connectivity index is 0.00000196. The zero-order valence-corrected chi connectivity index (χ0v) is 14.1. The van der Waals surface area contributed by atoms with E-state index < -0.39 is 6.43 Å². The number of rotatable bonds is 4. The van der Waals surface area contributed by atoms with Gasteiger partial charge in [0.15, 0.2) is 0 Å². The molecule has 3 heterocycles. The number of fused-ring (bicyclic) bond motifs is 2. The number of aromatic nitrogens is 4. The van der Waals surface area contributed by atoms with Gasteiger partial charge in [0.2, 0.25) is 0 Å². The minimum Gasteiger partial charge on any atom is -0.298 e. The van der Waals surface area contributed by atoms with Gasteiger partial charge < -0.3 is 0 Å². The molecule has 130 valence electrons. The Kier molecular flexibility index (Phi) is 3.82. The van der Waals surface area contributed by atoms with Crippen molar-refractivity contribution >= 4 is 11.2 Å². The molecular formula is C19H20F2N4. The quantitative estimate of drug-likeness (QED) is 0.701. The van der Waals surface area contributed by atoms with E-state index in [0.717, 1.165) is 41.1 Å². The Morgan fingerprint density at radius 1 is 1.20 bits per heavy atom. The molecule has 25 heavy (non-hydrogen) atoms. The fourth-order valence-corrected chi connectivity index (χ4v) is 3.20. The lowest BCUT2D eigenvalue weighted by molar-refractivity contribution is 0.145. The lowest BCUT2D eigenvalue weighted by Gasteiger charge is -2.09. The maximum absolute atomic E-state index is 13.1. The lowest BCUT2D eigenvalue weighted by Crippen LogP contribution is -2.04. The Morgan fingerprint density at radius 2 is 2.04 bits per heavy atom. The fourth-order valence-electron chi connectivity index (χ4n) is 3.20. The second kappa shape index (κ2) is 6.02. The predicted octanol–water partition coefficient (Wildman–Crippen LogP) is 4.49. The smallest absolute Gasteiger partial charge is 0.280 e. The van der Waals surface area contributed by atoms with Crippen LogP contribution in [0.1, 0.15) is 50.0 Å². The number of allylic oxidation sites excluding steroid dienone is 1. The Hall–Kier alpha value is -2.63. The van der Waals surface area contributed by atoms with E-state index in [1.807, 2.05) is 12.3 Å². The first-order valence-corrected chi connectivity index (χ1v) is 8.34. The summed E-state index contributed by atoms with van der Waals surface area (Å²) >= 11 is 0. The fraction of sp³-hybridized carbons (Fsp3) is 0.316. The minimum absolute atomic E-state index is 0. The van der Waals surface area contributed by atoms with Crippen molar-refractivity contribution < 1.29 is 10.2 Å². The van der Waals surface area contributed by atoms with Crippen LogP contribution >= 0.6 is 0 Å².